The third-order valence-corrected chi connectivity index (χ3v) is 5.55. The highest BCUT2D eigenvalue weighted by atomic mass is 16.4. The number of allylic oxidation sites excluding steroid dienone is 1. The molecule has 4 nitrogen and oxygen atoms in total. The number of carboxylic acid groups (broad SMARTS) is 1. The standard InChI is InChI=1S/C27H38N2O2/c1-2-3-4-5-6-8-14-24(17-16-23-12-9-7-10-13-23)18-19-25(20-21-27(30)31)29-26-15-11-22-28-26/h7,9-13,15-17,20-22,24-25,28-29H,2-6,8,14,18-19H2,1H3,(H,30,31)/b17-16+,21-20+/t24-,25-/m1/s1. The summed E-state index contributed by atoms with van der Waals surface area (Å²) in [6.45, 7) is 2.25. The molecule has 0 spiro atoms. The van der Waals surface area contributed by atoms with Gasteiger partial charge in [-0.2, -0.15) is 0 Å². The average Bonchev–Trinajstić information content (AvgIpc) is 3.29. The van der Waals surface area contributed by atoms with Gasteiger partial charge in [0.1, 0.15) is 5.82 Å². The van der Waals surface area contributed by atoms with E-state index in [0.717, 1.165) is 18.7 Å². The van der Waals surface area contributed by atoms with E-state index in [1.54, 1.807) is 6.08 Å². The van der Waals surface area contributed by atoms with Gasteiger partial charge in [0.15, 0.2) is 0 Å². The Kier molecular flexibility index (Phi) is 12.0. The Balaban J connectivity index is 1.95. The van der Waals surface area contributed by atoms with Crippen LogP contribution < -0.4 is 5.32 Å². The summed E-state index contributed by atoms with van der Waals surface area (Å²) < 4.78 is 0. The van der Waals surface area contributed by atoms with Gasteiger partial charge in [0, 0.05) is 18.3 Å². The van der Waals surface area contributed by atoms with Crippen LogP contribution in [0, 0.1) is 5.92 Å². The molecule has 2 rings (SSSR count). The van der Waals surface area contributed by atoms with Crippen LogP contribution in [0.3, 0.4) is 0 Å². The van der Waals surface area contributed by atoms with E-state index in [0.29, 0.717) is 5.92 Å². The number of aromatic nitrogens is 1. The summed E-state index contributed by atoms with van der Waals surface area (Å²) in [4.78, 5) is 14.2. The van der Waals surface area contributed by atoms with E-state index in [1.165, 1.54) is 56.6 Å². The first-order valence-corrected chi connectivity index (χ1v) is 11.7. The number of hydrogen-bond donors (Lipinski definition) is 3. The molecule has 3 N–H and O–H groups in total. The Morgan fingerprint density at radius 1 is 0.968 bits per heavy atom. The van der Waals surface area contributed by atoms with E-state index in [9.17, 15) is 4.79 Å². The molecule has 2 aromatic rings. The topological polar surface area (TPSA) is 65.1 Å². The summed E-state index contributed by atoms with van der Waals surface area (Å²) >= 11 is 0. The number of hydrogen-bond acceptors (Lipinski definition) is 2. The summed E-state index contributed by atoms with van der Waals surface area (Å²) in [5, 5.41) is 12.5. The molecule has 0 unspecified atom stereocenters. The fourth-order valence-corrected chi connectivity index (χ4v) is 3.76. The number of carboxylic acids is 1. The number of carbonyl (C=O) groups is 1. The van der Waals surface area contributed by atoms with E-state index in [-0.39, 0.29) is 6.04 Å². The molecule has 0 aliphatic heterocycles. The first-order chi connectivity index (χ1) is 15.2. The molecule has 0 radical (unpaired) electrons. The fraction of sp³-hybridized carbons (Fsp3) is 0.444. The summed E-state index contributed by atoms with van der Waals surface area (Å²) in [6, 6.07) is 14.3. The lowest BCUT2D eigenvalue weighted by Gasteiger charge is -2.19. The van der Waals surface area contributed by atoms with Crippen LogP contribution in [0.15, 0.2) is 66.9 Å². The zero-order valence-electron chi connectivity index (χ0n) is 18.8. The Morgan fingerprint density at radius 2 is 1.74 bits per heavy atom. The second-order valence-electron chi connectivity index (χ2n) is 8.20. The lowest BCUT2D eigenvalue weighted by molar-refractivity contribution is -0.131. The van der Waals surface area contributed by atoms with Crippen LogP contribution in [0.1, 0.15) is 70.3 Å². The van der Waals surface area contributed by atoms with Crippen molar-refractivity contribution in [3.05, 3.63) is 72.5 Å². The van der Waals surface area contributed by atoms with Gasteiger partial charge in [0.05, 0.1) is 0 Å². The third kappa shape index (κ3) is 11.3. The van der Waals surface area contributed by atoms with Crippen molar-refractivity contribution in [1.82, 2.24) is 4.98 Å². The van der Waals surface area contributed by atoms with Gasteiger partial charge in [-0.15, -0.1) is 0 Å². The smallest absolute Gasteiger partial charge is 0.328 e. The zero-order chi connectivity index (χ0) is 22.2. The molecule has 0 amide bonds. The maximum Gasteiger partial charge on any atom is 0.328 e. The van der Waals surface area contributed by atoms with Crippen LogP contribution >= 0.6 is 0 Å². The lowest BCUT2D eigenvalue weighted by atomic mass is 9.92. The second kappa shape index (κ2) is 15.1. The predicted molar refractivity (Wildman–Crippen MR) is 131 cm³/mol. The maximum absolute atomic E-state index is 11.0. The Labute approximate surface area is 187 Å². The second-order valence-corrected chi connectivity index (χ2v) is 8.20. The molecule has 1 aromatic carbocycles. The summed E-state index contributed by atoms with van der Waals surface area (Å²) in [5.41, 5.74) is 1.22. The lowest BCUT2D eigenvalue weighted by Crippen LogP contribution is -2.18. The molecule has 0 aliphatic carbocycles. The monoisotopic (exact) mass is 422 g/mol. The Morgan fingerprint density at radius 3 is 2.45 bits per heavy atom. The quantitative estimate of drug-likeness (QED) is 0.196. The maximum atomic E-state index is 11.0. The van der Waals surface area contributed by atoms with Crippen molar-refractivity contribution < 1.29 is 9.90 Å². The summed E-state index contributed by atoms with van der Waals surface area (Å²) in [7, 11) is 0. The third-order valence-electron chi connectivity index (χ3n) is 5.55. The molecule has 1 aromatic heterocycles. The highest BCUT2D eigenvalue weighted by Gasteiger charge is 2.11. The SMILES string of the molecule is CCCCCCCC[C@H](/C=C/c1ccccc1)CC[C@H](/C=C/C(=O)O)Nc1ccc[nH]1. The van der Waals surface area contributed by atoms with Gasteiger partial charge in [-0.3, -0.25) is 0 Å². The molecule has 4 heteroatoms. The minimum absolute atomic E-state index is 0.0214. The number of H-pyrrole nitrogens is 1. The van der Waals surface area contributed by atoms with Gasteiger partial charge in [0.2, 0.25) is 0 Å². The van der Waals surface area contributed by atoms with Crippen LogP contribution in [-0.4, -0.2) is 22.1 Å². The minimum Gasteiger partial charge on any atom is -0.478 e. The number of benzene rings is 1. The largest absolute Gasteiger partial charge is 0.478 e. The van der Waals surface area contributed by atoms with Crippen LogP contribution in [0.4, 0.5) is 5.82 Å². The van der Waals surface area contributed by atoms with E-state index >= 15 is 0 Å². The van der Waals surface area contributed by atoms with Crippen molar-refractivity contribution in [1.29, 1.82) is 0 Å². The number of aromatic amines is 1. The van der Waals surface area contributed by atoms with Crippen molar-refractivity contribution >= 4 is 17.9 Å². The van der Waals surface area contributed by atoms with Crippen LogP contribution in [-0.2, 0) is 4.79 Å². The number of nitrogens with one attached hydrogen (secondary N) is 2. The molecule has 1 heterocycles. The van der Waals surface area contributed by atoms with Crippen molar-refractivity contribution in [3.8, 4) is 0 Å². The molecular weight excluding hydrogens is 384 g/mol. The Hall–Kier alpha value is -2.75. The molecule has 2 atom stereocenters. The molecule has 168 valence electrons. The molecule has 0 saturated heterocycles. The normalized spacial score (nSPS) is 13.6. The highest BCUT2D eigenvalue weighted by Crippen LogP contribution is 2.22. The van der Waals surface area contributed by atoms with Crippen LogP contribution in [0.25, 0.3) is 6.08 Å². The van der Waals surface area contributed by atoms with Gasteiger partial charge in [-0.25, -0.2) is 4.79 Å². The van der Waals surface area contributed by atoms with Crippen molar-refractivity contribution in [2.75, 3.05) is 5.32 Å². The molecule has 0 bridgehead atoms. The minimum atomic E-state index is -0.911. The van der Waals surface area contributed by atoms with Gasteiger partial charge in [-0.1, -0.05) is 94.0 Å². The van der Waals surface area contributed by atoms with Gasteiger partial charge >= 0.3 is 5.97 Å². The van der Waals surface area contributed by atoms with Gasteiger partial charge < -0.3 is 15.4 Å². The first kappa shape index (κ1) is 24.5. The zero-order valence-corrected chi connectivity index (χ0v) is 18.8. The summed E-state index contributed by atoms with van der Waals surface area (Å²) in [6.07, 6.45) is 20.3. The van der Waals surface area contributed by atoms with Crippen LogP contribution in [0.2, 0.25) is 0 Å². The highest BCUT2D eigenvalue weighted by molar-refractivity contribution is 5.79. The van der Waals surface area contributed by atoms with Crippen molar-refractivity contribution in [2.24, 2.45) is 5.92 Å². The Bertz CT molecular complexity index is 766. The van der Waals surface area contributed by atoms with Crippen LogP contribution in [0.5, 0.6) is 0 Å². The molecule has 0 saturated carbocycles. The first-order valence-electron chi connectivity index (χ1n) is 11.7. The number of anilines is 1. The summed E-state index contributed by atoms with van der Waals surface area (Å²) in [5.74, 6) is 0.482. The fourth-order valence-electron chi connectivity index (χ4n) is 3.76. The number of unbranched alkanes of at least 4 members (excludes halogenated alkanes) is 5. The van der Waals surface area contributed by atoms with E-state index in [2.05, 4.69) is 53.6 Å². The number of rotatable bonds is 16. The van der Waals surface area contributed by atoms with E-state index in [1.807, 2.05) is 24.4 Å². The number of aliphatic carboxylic acids is 1. The van der Waals surface area contributed by atoms with E-state index in [4.69, 9.17) is 5.11 Å². The van der Waals surface area contributed by atoms with Crippen molar-refractivity contribution in [2.45, 2.75) is 70.8 Å². The predicted octanol–water partition coefficient (Wildman–Crippen LogP) is 7.30. The average molecular weight is 423 g/mol. The molecule has 0 fully saturated rings. The van der Waals surface area contributed by atoms with Crippen molar-refractivity contribution in [3.63, 3.8) is 0 Å². The molecule has 0 aliphatic rings. The van der Waals surface area contributed by atoms with Gasteiger partial charge in [-0.05, 0) is 42.9 Å². The molecular formula is C27H38N2O2. The van der Waals surface area contributed by atoms with Gasteiger partial charge in [0.25, 0.3) is 0 Å². The molecule has 31 heavy (non-hydrogen) atoms. The van der Waals surface area contributed by atoms with E-state index < -0.39 is 5.97 Å².